The lowest BCUT2D eigenvalue weighted by atomic mass is 9.71. The summed E-state index contributed by atoms with van der Waals surface area (Å²) in [5.74, 6) is 0.294. The summed E-state index contributed by atoms with van der Waals surface area (Å²) >= 11 is 0. The van der Waals surface area contributed by atoms with E-state index in [9.17, 15) is 0 Å². The summed E-state index contributed by atoms with van der Waals surface area (Å²) in [6.45, 7) is 4.23. The van der Waals surface area contributed by atoms with Gasteiger partial charge in [0.15, 0.2) is 0 Å². The SMILES string of the molecule is C=C(O)CC1(CN)CCCCC1. The normalized spacial score (nSPS) is 22.1. The van der Waals surface area contributed by atoms with E-state index in [2.05, 4.69) is 6.58 Å². The summed E-state index contributed by atoms with van der Waals surface area (Å²) in [7, 11) is 0. The summed E-state index contributed by atoms with van der Waals surface area (Å²) in [5.41, 5.74) is 5.91. The third-order valence-electron chi connectivity index (χ3n) is 2.93. The molecule has 1 saturated carbocycles. The predicted octanol–water partition coefficient (Wildman–Crippen LogP) is 2.36. The molecule has 0 bridgehead atoms. The molecular weight excluding hydrogens is 150 g/mol. The van der Waals surface area contributed by atoms with Crippen LogP contribution in [0.4, 0.5) is 0 Å². The molecule has 0 atom stereocenters. The molecule has 2 heteroatoms. The van der Waals surface area contributed by atoms with E-state index in [4.69, 9.17) is 10.8 Å². The third kappa shape index (κ3) is 2.24. The summed E-state index contributed by atoms with van der Waals surface area (Å²) in [6, 6.07) is 0. The summed E-state index contributed by atoms with van der Waals surface area (Å²) < 4.78 is 0. The van der Waals surface area contributed by atoms with Crippen LogP contribution in [0.3, 0.4) is 0 Å². The first-order valence-electron chi connectivity index (χ1n) is 4.75. The van der Waals surface area contributed by atoms with Crippen LogP contribution in [0.2, 0.25) is 0 Å². The second-order valence-electron chi connectivity index (χ2n) is 4.01. The molecule has 70 valence electrons. The minimum Gasteiger partial charge on any atom is -0.513 e. The maximum atomic E-state index is 9.15. The van der Waals surface area contributed by atoms with Gasteiger partial charge in [-0.25, -0.2) is 0 Å². The highest BCUT2D eigenvalue weighted by atomic mass is 16.3. The van der Waals surface area contributed by atoms with Crippen molar-refractivity contribution in [3.63, 3.8) is 0 Å². The van der Waals surface area contributed by atoms with Crippen LogP contribution in [0.25, 0.3) is 0 Å². The Morgan fingerprint density at radius 3 is 2.33 bits per heavy atom. The predicted molar refractivity (Wildman–Crippen MR) is 51.0 cm³/mol. The van der Waals surface area contributed by atoms with Crippen LogP contribution in [-0.4, -0.2) is 11.7 Å². The maximum absolute atomic E-state index is 9.15. The van der Waals surface area contributed by atoms with E-state index in [-0.39, 0.29) is 5.41 Å². The zero-order valence-corrected chi connectivity index (χ0v) is 7.68. The number of aliphatic hydroxyl groups is 1. The van der Waals surface area contributed by atoms with Crippen molar-refractivity contribution in [3.05, 3.63) is 12.3 Å². The molecule has 1 fully saturated rings. The highest BCUT2D eigenvalue weighted by Crippen LogP contribution is 2.39. The summed E-state index contributed by atoms with van der Waals surface area (Å²) in [4.78, 5) is 0. The minimum absolute atomic E-state index is 0.171. The number of allylic oxidation sites excluding steroid dienone is 1. The van der Waals surface area contributed by atoms with Crippen LogP contribution < -0.4 is 5.73 Å². The highest BCUT2D eigenvalue weighted by Gasteiger charge is 2.30. The highest BCUT2D eigenvalue weighted by molar-refractivity contribution is 4.94. The van der Waals surface area contributed by atoms with Crippen molar-refractivity contribution in [3.8, 4) is 0 Å². The van der Waals surface area contributed by atoms with Crippen molar-refractivity contribution >= 4 is 0 Å². The van der Waals surface area contributed by atoms with Gasteiger partial charge < -0.3 is 10.8 Å². The molecular formula is C10H19NO. The topological polar surface area (TPSA) is 46.2 Å². The fourth-order valence-corrected chi connectivity index (χ4v) is 2.19. The maximum Gasteiger partial charge on any atom is 0.0857 e. The van der Waals surface area contributed by atoms with Gasteiger partial charge in [0.1, 0.15) is 0 Å². The quantitative estimate of drug-likeness (QED) is 0.637. The van der Waals surface area contributed by atoms with Crippen LogP contribution in [-0.2, 0) is 0 Å². The van der Waals surface area contributed by atoms with E-state index in [1.54, 1.807) is 0 Å². The first kappa shape index (κ1) is 9.59. The molecule has 0 spiro atoms. The minimum atomic E-state index is 0.171. The lowest BCUT2D eigenvalue weighted by Crippen LogP contribution is -2.33. The molecule has 12 heavy (non-hydrogen) atoms. The van der Waals surface area contributed by atoms with Crippen molar-refractivity contribution in [2.45, 2.75) is 38.5 Å². The molecule has 0 unspecified atom stereocenters. The Morgan fingerprint density at radius 1 is 1.33 bits per heavy atom. The van der Waals surface area contributed by atoms with Gasteiger partial charge >= 0.3 is 0 Å². The van der Waals surface area contributed by atoms with Gasteiger partial charge in [-0.05, 0) is 24.8 Å². The molecule has 1 aliphatic carbocycles. The van der Waals surface area contributed by atoms with E-state index in [0.29, 0.717) is 18.7 Å². The van der Waals surface area contributed by atoms with Gasteiger partial charge in [-0.2, -0.15) is 0 Å². The van der Waals surface area contributed by atoms with Crippen LogP contribution in [0.1, 0.15) is 38.5 Å². The number of nitrogens with two attached hydrogens (primary N) is 1. The average molecular weight is 169 g/mol. The van der Waals surface area contributed by atoms with Gasteiger partial charge in [0, 0.05) is 6.42 Å². The molecule has 0 radical (unpaired) electrons. The van der Waals surface area contributed by atoms with Crippen molar-refractivity contribution < 1.29 is 5.11 Å². The molecule has 0 aromatic rings. The van der Waals surface area contributed by atoms with Crippen LogP contribution in [0.5, 0.6) is 0 Å². The van der Waals surface area contributed by atoms with Gasteiger partial charge in [0.25, 0.3) is 0 Å². The monoisotopic (exact) mass is 169 g/mol. The van der Waals surface area contributed by atoms with E-state index in [0.717, 1.165) is 12.8 Å². The molecule has 0 amide bonds. The second kappa shape index (κ2) is 3.94. The van der Waals surface area contributed by atoms with Gasteiger partial charge in [-0.1, -0.05) is 25.8 Å². The van der Waals surface area contributed by atoms with Gasteiger partial charge in [0.2, 0.25) is 0 Å². The number of aliphatic hydroxyl groups excluding tert-OH is 1. The fraction of sp³-hybridized carbons (Fsp3) is 0.800. The Hall–Kier alpha value is -0.500. The zero-order valence-electron chi connectivity index (χ0n) is 7.68. The molecule has 0 heterocycles. The Kier molecular flexibility index (Phi) is 3.15. The third-order valence-corrected chi connectivity index (χ3v) is 2.93. The zero-order chi connectivity index (χ0) is 9.03. The van der Waals surface area contributed by atoms with Crippen molar-refractivity contribution in [1.29, 1.82) is 0 Å². The lowest BCUT2D eigenvalue weighted by molar-refractivity contribution is 0.172. The van der Waals surface area contributed by atoms with E-state index >= 15 is 0 Å². The summed E-state index contributed by atoms with van der Waals surface area (Å²) in [5, 5.41) is 9.15. The van der Waals surface area contributed by atoms with Gasteiger partial charge in [-0.15, -0.1) is 0 Å². The largest absolute Gasteiger partial charge is 0.513 e. The Morgan fingerprint density at radius 2 is 1.92 bits per heavy atom. The molecule has 0 aromatic heterocycles. The van der Waals surface area contributed by atoms with E-state index in [1.165, 1.54) is 19.3 Å². The molecule has 0 aromatic carbocycles. The van der Waals surface area contributed by atoms with Crippen LogP contribution in [0, 0.1) is 5.41 Å². The molecule has 1 aliphatic rings. The number of hydrogen-bond acceptors (Lipinski definition) is 2. The molecule has 1 rings (SSSR count). The van der Waals surface area contributed by atoms with Gasteiger partial charge in [-0.3, -0.25) is 0 Å². The van der Waals surface area contributed by atoms with Crippen LogP contribution >= 0.6 is 0 Å². The van der Waals surface area contributed by atoms with Crippen molar-refractivity contribution in [2.24, 2.45) is 11.1 Å². The number of rotatable bonds is 3. The fourth-order valence-electron chi connectivity index (χ4n) is 2.19. The van der Waals surface area contributed by atoms with E-state index in [1.807, 2.05) is 0 Å². The van der Waals surface area contributed by atoms with Gasteiger partial charge in [0.05, 0.1) is 5.76 Å². The van der Waals surface area contributed by atoms with Crippen LogP contribution in [0.15, 0.2) is 12.3 Å². The summed E-state index contributed by atoms with van der Waals surface area (Å²) in [6.07, 6.45) is 6.84. The molecule has 2 nitrogen and oxygen atoms in total. The Labute approximate surface area is 74.5 Å². The van der Waals surface area contributed by atoms with E-state index < -0.39 is 0 Å². The van der Waals surface area contributed by atoms with Crippen molar-refractivity contribution in [2.75, 3.05) is 6.54 Å². The number of hydrogen-bond donors (Lipinski definition) is 2. The average Bonchev–Trinajstić information content (AvgIpc) is 2.05. The second-order valence-corrected chi connectivity index (χ2v) is 4.01. The Balaban J connectivity index is 2.53. The first-order valence-corrected chi connectivity index (χ1v) is 4.75. The molecule has 3 N–H and O–H groups in total. The first-order chi connectivity index (χ1) is 5.68. The molecule has 0 saturated heterocycles. The van der Waals surface area contributed by atoms with Crippen molar-refractivity contribution in [1.82, 2.24) is 0 Å². The molecule has 0 aliphatic heterocycles. The standard InChI is InChI=1S/C10H19NO/c1-9(12)7-10(8-11)5-3-2-4-6-10/h12H,1-8,11H2. The Bertz CT molecular complexity index is 159. The smallest absolute Gasteiger partial charge is 0.0857 e. The lowest BCUT2D eigenvalue weighted by Gasteiger charge is -2.35.